The maximum atomic E-state index is 5.80. The first-order chi connectivity index (χ1) is 9.92. The second kappa shape index (κ2) is 6.71. The Labute approximate surface area is 120 Å². The van der Waals surface area contributed by atoms with Gasteiger partial charge in [0.25, 0.3) is 0 Å². The summed E-state index contributed by atoms with van der Waals surface area (Å²) in [5.41, 5.74) is 0.995. The zero-order valence-corrected chi connectivity index (χ0v) is 11.8. The maximum Gasteiger partial charge on any atom is 0.121 e. The summed E-state index contributed by atoms with van der Waals surface area (Å²) in [6, 6.07) is 10.9. The van der Waals surface area contributed by atoms with E-state index in [1.165, 1.54) is 25.7 Å². The number of benzene rings is 1. The van der Waals surface area contributed by atoms with Crippen molar-refractivity contribution in [3.05, 3.63) is 36.5 Å². The molecule has 3 rings (SSSR count). The molecule has 0 aliphatic heterocycles. The van der Waals surface area contributed by atoms with E-state index >= 15 is 0 Å². The number of fused-ring (bicyclic) bond motifs is 1. The lowest BCUT2D eigenvalue weighted by molar-refractivity contribution is 0.305. The zero-order chi connectivity index (χ0) is 13.6. The van der Waals surface area contributed by atoms with Crippen LogP contribution in [-0.2, 0) is 0 Å². The van der Waals surface area contributed by atoms with Crippen molar-refractivity contribution in [2.45, 2.75) is 38.1 Å². The van der Waals surface area contributed by atoms with Crippen molar-refractivity contribution in [1.82, 2.24) is 10.3 Å². The topological polar surface area (TPSA) is 34.1 Å². The second-order valence-corrected chi connectivity index (χ2v) is 5.50. The number of ether oxygens (including phenoxy) is 1. The Kier molecular flexibility index (Phi) is 4.49. The molecule has 2 aromatic rings. The molecule has 1 heterocycles. The molecule has 3 heteroatoms. The molecule has 0 radical (unpaired) electrons. The van der Waals surface area contributed by atoms with Crippen molar-refractivity contribution in [3.63, 3.8) is 0 Å². The highest BCUT2D eigenvalue weighted by molar-refractivity contribution is 5.79. The summed E-state index contributed by atoms with van der Waals surface area (Å²) in [4.78, 5) is 4.35. The number of hydrogen-bond donors (Lipinski definition) is 1. The Bertz CT molecular complexity index is 549. The Hall–Kier alpha value is -1.61. The van der Waals surface area contributed by atoms with Crippen molar-refractivity contribution in [3.8, 4) is 5.75 Å². The van der Waals surface area contributed by atoms with Gasteiger partial charge >= 0.3 is 0 Å². The van der Waals surface area contributed by atoms with Crippen molar-refractivity contribution in [2.24, 2.45) is 0 Å². The van der Waals surface area contributed by atoms with E-state index in [1.54, 1.807) is 0 Å². The summed E-state index contributed by atoms with van der Waals surface area (Å²) < 4.78 is 5.80. The SMILES string of the molecule is c1cnc2cc(OCCCNC3CCCC3)ccc2c1. The number of rotatable bonds is 6. The van der Waals surface area contributed by atoms with E-state index in [0.29, 0.717) is 0 Å². The van der Waals surface area contributed by atoms with Crippen LogP contribution in [0.3, 0.4) is 0 Å². The fourth-order valence-electron chi connectivity index (χ4n) is 2.83. The summed E-state index contributed by atoms with van der Waals surface area (Å²) in [7, 11) is 0. The van der Waals surface area contributed by atoms with E-state index in [4.69, 9.17) is 4.74 Å². The first-order valence-electron chi connectivity index (χ1n) is 7.63. The Morgan fingerprint density at radius 2 is 2.10 bits per heavy atom. The molecule has 1 saturated carbocycles. The minimum Gasteiger partial charge on any atom is -0.493 e. The average Bonchev–Trinajstić information content (AvgIpc) is 3.00. The van der Waals surface area contributed by atoms with Gasteiger partial charge in [-0.3, -0.25) is 4.98 Å². The minimum absolute atomic E-state index is 0.750. The van der Waals surface area contributed by atoms with Crippen LogP contribution in [-0.4, -0.2) is 24.2 Å². The molecule has 0 unspecified atom stereocenters. The van der Waals surface area contributed by atoms with Gasteiger partial charge in [-0.2, -0.15) is 0 Å². The summed E-state index contributed by atoms with van der Waals surface area (Å²) in [5, 5.41) is 4.76. The van der Waals surface area contributed by atoms with Crippen molar-refractivity contribution >= 4 is 10.9 Å². The molecule has 3 nitrogen and oxygen atoms in total. The fraction of sp³-hybridized carbons (Fsp3) is 0.471. The van der Waals surface area contributed by atoms with Crippen LogP contribution in [0, 0.1) is 0 Å². The molecule has 0 saturated heterocycles. The van der Waals surface area contributed by atoms with Gasteiger partial charge in [0.05, 0.1) is 12.1 Å². The van der Waals surface area contributed by atoms with Gasteiger partial charge in [-0.15, -0.1) is 0 Å². The Morgan fingerprint density at radius 3 is 3.00 bits per heavy atom. The van der Waals surface area contributed by atoms with Crippen LogP contribution in [0.25, 0.3) is 10.9 Å². The van der Waals surface area contributed by atoms with Gasteiger partial charge < -0.3 is 10.1 Å². The number of pyridine rings is 1. The fourth-order valence-corrected chi connectivity index (χ4v) is 2.83. The van der Waals surface area contributed by atoms with Crippen molar-refractivity contribution < 1.29 is 4.74 Å². The summed E-state index contributed by atoms with van der Waals surface area (Å²) in [6.45, 7) is 1.81. The van der Waals surface area contributed by atoms with E-state index in [9.17, 15) is 0 Å². The van der Waals surface area contributed by atoms with E-state index in [0.717, 1.165) is 42.3 Å². The van der Waals surface area contributed by atoms with Gasteiger partial charge in [0.2, 0.25) is 0 Å². The number of nitrogens with one attached hydrogen (secondary N) is 1. The molecule has 0 amide bonds. The standard InChI is InChI=1S/C17H22N2O/c1-2-7-15(6-1)18-11-4-12-20-16-9-8-14-5-3-10-19-17(14)13-16/h3,5,8-10,13,15,18H,1-2,4,6-7,11-12H2. The van der Waals surface area contributed by atoms with E-state index < -0.39 is 0 Å². The third kappa shape index (κ3) is 3.48. The molecule has 1 N–H and O–H groups in total. The first kappa shape index (κ1) is 13.4. The molecule has 0 spiro atoms. The molecule has 1 fully saturated rings. The largest absolute Gasteiger partial charge is 0.493 e. The average molecular weight is 270 g/mol. The Balaban J connectivity index is 1.42. The Morgan fingerprint density at radius 1 is 1.20 bits per heavy atom. The summed E-state index contributed by atoms with van der Waals surface area (Å²) in [5.74, 6) is 0.914. The van der Waals surface area contributed by atoms with Gasteiger partial charge in [-0.25, -0.2) is 0 Å². The van der Waals surface area contributed by atoms with Crippen LogP contribution < -0.4 is 10.1 Å². The predicted octanol–water partition coefficient (Wildman–Crippen LogP) is 3.54. The third-order valence-electron chi connectivity index (χ3n) is 3.96. The zero-order valence-electron chi connectivity index (χ0n) is 11.8. The molecule has 0 bridgehead atoms. The highest BCUT2D eigenvalue weighted by Crippen LogP contribution is 2.19. The highest BCUT2D eigenvalue weighted by atomic mass is 16.5. The molecule has 1 aromatic carbocycles. The third-order valence-corrected chi connectivity index (χ3v) is 3.96. The molecule has 20 heavy (non-hydrogen) atoms. The van der Waals surface area contributed by atoms with E-state index in [-0.39, 0.29) is 0 Å². The predicted molar refractivity (Wildman–Crippen MR) is 82.1 cm³/mol. The van der Waals surface area contributed by atoms with Crippen LogP contribution in [0.5, 0.6) is 5.75 Å². The van der Waals surface area contributed by atoms with E-state index in [2.05, 4.69) is 22.4 Å². The minimum atomic E-state index is 0.750. The van der Waals surface area contributed by atoms with Gasteiger partial charge in [-0.05, 0) is 44.0 Å². The molecule has 106 valence electrons. The summed E-state index contributed by atoms with van der Waals surface area (Å²) >= 11 is 0. The molecular formula is C17H22N2O. The lowest BCUT2D eigenvalue weighted by Crippen LogP contribution is -2.27. The lowest BCUT2D eigenvalue weighted by Gasteiger charge is -2.12. The van der Waals surface area contributed by atoms with Gasteiger partial charge in [0.1, 0.15) is 5.75 Å². The van der Waals surface area contributed by atoms with Gasteiger partial charge in [0, 0.05) is 23.7 Å². The van der Waals surface area contributed by atoms with Crippen LogP contribution in [0.1, 0.15) is 32.1 Å². The first-order valence-corrected chi connectivity index (χ1v) is 7.63. The van der Waals surface area contributed by atoms with Gasteiger partial charge in [-0.1, -0.05) is 18.9 Å². The quantitative estimate of drug-likeness (QED) is 0.815. The maximum absolute atomic E-state index is 5.80. The van der Waals surface area contributed by atoms with Crippen molar-refractivity contribution in [2.75, 3.05) is 13.2 Å². The van der Waals surface area contributed by atoms with Crippen molar-refractivity contribution in [1.29, 1.82) is 0 Å². The number of hydrogen-bond acceptors (Lipinski definition) is 3. The van der Waals surface area contributed by atoms with Crippen LogP contribution >= 0.6 is 0 Å². The molecule has 1 aliphatic carbocycles. The van der Waals surface area contributed by atoms with Crippen LogP contribution in [0.15, 0.2) is 36.5 Å². The van der Waals surface area contributed by atoms with Crippen LogP contribution in [0.2, 0.25) is 0 Å². The lowest BCUT2D eigenvalue weighted by atomic mass is 10.2. The number of nitrogens with zero attached hydrogens (tertiary/aromatic N) is 1. The molecule has 0 atom stereocenters. The van der Waals surface area contributed by atoms with Crippen LogP contribution in [0.4, 0.5) is 0 Å². The monoisotopic (exact) mass is 270 g/mol. The molecule has 1 aliphatic rings. The smallest absolute Gasteiger partial charge is 0.121 e. The second-order valence-electron chi connectivity index (χ2n) is 5.50. The van der Waals surface area contributed by atoms with E-state index in [1.807, 2.05) is 24.4 Å². The highest BCUT2D eigenvalue weighted by Gasteiger charge is 2.13. The summed E-state index contributed by atoms with van der Waals surface area (Å²) in [6.07, 6.45) is 8.33. The van der Waals surface area contributed by atoms with Gasteiger partial charge in [0.15, 0.2) is 0 Å². The normalized spacial score (nSPS) is 15.8. The molecule has 1 aromatic heterocycles. The molecular weight excluding hydrogens is 248 g/mol. The number of aromatic nitrogens is 1.